The second-order valence-electron chi connectivity index (χ2n) is 5.19. The maximum absolute atomic E-state index is 10.6. The van der Waals surface area contributed by atoms with Crippen molar-refractivity contribution in [3.63, 3.8) is 0 Å². The van der Waals surface area contributed by atoms with Crippen molar-refractivity contribution in [1.29, 1.82) is 0 Å². The van der Waals surface area contributed by atoms with Gasteiger partial charge in [0.1, 0.15) is 6.10 Å². The van der Waals surface area contributed by atoms with Gasteiger partial charge in [0.05, 0.1) is 6.26 Å². The van der Waals surface area contributed by atoms with Gasteiger partial charge in [-0.3, -0.25) is 0 Å². The summed E-state index contributed by atoms with van der Waals surface area (Å²) in [6.45, 7) is 7.52. The van der Waals surface area contributed by atoms with Crippen LogP contribution in [0.4, 0.5) is 0 Å². The Bertz CT molecular complexity index is 342. The van der Waals surface area contributed by atoms with E-state index >= 15 is 0 Å². The first-order valence-electron chi connectivity index (χ1n) is 6.21. The van der Waals surface area contributed by atoms with Gasteiger partial charge in [0, 0.05) is 18.5 Å². The average Bonchev–Trinajstić information content (AvgIpc) is 2.65. The molecule has 102 valence electrons. The van der Waals surface area contributed by atoms with Crippen molar-refractivity contribution in [3.8, 4) is 0 Å². The third kappa shape index (κ3) is 4.63. The molecule has 0 fully saturated rings. The zero-order valence-electron chi connectivity index (χ0n) is 12.0. The van der Waals surface area contributed by atoms with E-state index < -0.39 is 5.97 Å². The number of allylic oxidation sites excluding steroid dienone is 1. The molecule has 0 saturated carbocycles. The van der Waals surface area contributed by atoms with Crippen LogP contribution in [-0.4, -0.2) is 23.8 Å². The molecule has 0 radical (unpaired) electrons. The van der Waals surface area contributed by atoms with Crippen LogP contribution in [0.2, 0.25) is 0 Å². The van der Waals surface area contributed by atoms with E-state index in [4.69, 9.17) is 4.74 Å². The molecule has 1 aliphatic rings. The monoisotopic (exact) mass is 276 g/mol. The maximum atomic E-state index is 10.6. The molecule has 4 nitrogen and oxygen atoms in total. The number of carboxylic acids is 1. The Morgan fingerprint density at radius 3 is 2.79 bits per heavy atom. The molecule has 0 unspecified atom stereocenters. The number of ether oxygens (including phenoxy) is 1. The Labute approximate surface area is 136 Å². The quantitative estimate of drug-likeness (QED) is 0.328. The predicted molar refractivity (Wildman–Crippen MR) is 66.3 cm³/mol. The minimum absolute atomic E-state index is 0. The summed E-state index contributed by atoms with van der Waals surface area (Å²) in [5.74, 6) is -0.982. The van der Waals surface area contributed by atoms with Gasteiger partial charge in [-0.25, -0.2) is 0 Å². The fourth-order valence-electron chi connectivity index (χ4n) is 2.87. The van der Waals surface area contributed by atoms with Crippen molar-refractivity contribution >= 4 is 5.97 Å². The van der Waals surface area contributed by atoms with Gasteiger partial charge < -0.3 is 19.7 Å². The molecule has 0 heterocycles. The topological polar surface area (TPSA) is 69.6 Å². The molecule has 0 saturated heterocycles. The largest absolute Gasteiger partial charge is 1.00 e. The molecule has 19 heavy (non-hydrogen) atoms. The van der Waals surface area contributed by atoms with Crippen molar-refractivity contribution in [2.45, 2.75) is 32.8 Å². The zero-order chi connectivity index (χ0) is 13.8. The summed E-state index contributed by atoms with van der Waals surface area (Å²) >= 11 is 0. The van der Waals surface area contributed by atoms with E-state index in [9.17, 15) is 15.0 Å². The van der Waals surface area contributed by atoms with Crippen LogP contribution in [0.1, 0.15) is 26.7 Å². The number of carboxylic acid groups (broad SMARTS) is 1. The number of aliphatic hydroxyl groups is 1. The van der Waals surface area contributed by atoms with E-state index in [0.717, 1.165) is 0 Å². The number of carbonyl (C=O) groups excluding carboxylic acids is 1. The second-order valence-corrected chi connectivity index (χ2v) is 5.19. The number of aliphatic hydroxyl groups excluding tert-OH is 1. The van der Waals surface area contributed by atoms with Crippen LogP contribution in [-0.2, 0) is 9.53 Å². The molecule has 1 N–H and O–H groups in total. The predicted octanol–water partition coefficient (Wildman–Crippen LogP) is -2.13. The molecular weight excluding hydrogens is 255 g/mol. The summed E-state index contributed by atoms with van der Waals surface area (Å²) < 4.78 is 5.44. The summed E-state index contributed by atoms with van der Waals surface area (Å²) in [6, 6.07) is 0. The molecule has 0 aromatic carbocycles. The summed E-state index contributed by atoms with van der Waals surface area (Å²) in [5, 5.41) is 20.0. The third-order valence-corrected chi connectivity index (χ3v) is 3.80. The summed E-state index contributed by atoms with van der Waals surface area (Å²) in [7, 11) is 0. The van der Waals surface area contributed by atoms with Crippen molar-refractivity contribution in [2.24, 2.45) is 17.3 Å². The minimum atomic E-state index is -1.05. The van der Waals surface area contributed by atoms with Crippen molar-refractivity contribution in [2.75, 3.05) is 6.61 Å². The van der Waals surface area contributed by atoms with E-state index in [1.54, 1.807) is 0 Å². The standard InChI is InChI=1S/C14H22O4.Na/c1-4-18-11-5-7-14(3,8-6-12(16)17)13(11)10(2)9-15;/h4-5,7,10-11,13,15H,1,6,8-9H2,2-3H3,(H,16,17);/q;+1/p-1/t10-,11+,13+,14-;/m1./s1. The van der Waals surface area contributed by atoms with Crippen molar-refractivity contribution in [3.05, 3.63) is 25.0 Å². The average molecular weight is 276 g/mol. The Kier molecular flexibility index (Phi) is 7.98. The SMILES string of the molecule is C=CO[C@H]1C=C[C@](C)(CCC(=O)[O-])[C@H]1[C@H](C)CO.[Na+]. The van der Waals surface area contributed by atoms with Gasteiger partial charge in [0.25, 0.3) is 0 Å². The van der Waals surface area contributed by atoms with E-state index in [2.05, 4.69) is 6.58 Å². The first kappa shape index (κ1) is 18.7. The molecule has 0 amide bonds. The van der Waals surface area contributed by atoms with E-state index in [1.165, 1.54) is 6.26 Å². The number of carbonyl (C=O) groups is 1. The Morgan fingerprint density at radius 2 is 2.32 bits per heavy atom. The number of hydrogen-bond acceptors (Lipinski definition) is 4. The van der Waals surface area contributed by atoms with Gasteiger partial charge in [-0.2, -0.15) is 0 Å². The van der Waals surface area contributed by atoms with Crippen LogP contribution in [0.25, 0.3) is 0 Å². The molecule has 1 rings (SSSR count). The van der Waals surface area contributed by atoms with Gasteiger partial charge in [-0.15, -0.1) is 0 Å². The smallest absolute Gasteiger partial charge is 0.550 e. The van der Waals surface area contributed by atoms with Crippen LogP contribution in [0.5, 0.6) is 0 Å². The Morgan fingerprint density at radius 1 is 1.68 bits per heavy atom. The molecule has 0 aromatic heterocycles. The molecule has 1 aliphatic carbocycles. The molecular formula is C14H21NaO4. The molecule has 0 spiro atoms. The number of rotatable bonds is 7. The fourth-order valence-corrected chi connectivity index (χ4v) is 2.87. The Hall–Kier alpha value is -0.290. The van der Waals surface area contributed by atoms with Crippen LogP contribution in [0.3, 0.4) is 0 Å². The van der Waals surface area contributed by atoms with Gasteiger partial charge in [-0.05, 0) is 30.3 Å². The van der Waals surface area contributed by atoms with Gasteiger partial charge >= 0.3 is 29.6 Å². The Balaban J connectivity index is 0.00000324. The van der Waals surface area contributed by atoms with Gasteiger partial charge in [0.15, 0.2) is 0 Å². The van der Waals surface area contributed by atoms with Crippen LogP contribution in [0.15, 0.2) is 25.0 Å². The second kappa shape index (κ2) is 8.10. The van der Waals surface area contributed by atoms with Crippen LogP contribution < -0.4 is 34.7 Å². The maximum Gasteiger partial charge on any atom is 1.00 e. The summed E-state index contributed by atoms with van der Waals surface area (Å²) in [5.41, 5.74) is -0.296. The molecule has 5 heteroatoms. The fraction of sp³-hybridized carbons (Fsp3) is 0.643. The number of aliphatic carboxylic acids is 1. The van der Waals surface area contributed by atoms with Gasteiger partial charge in [0.2, 0.25) is 0 Å². The van der Waals surface area contributed by atoms with Gasteiger partial charge in [-0.1, -0.05) is 26.5 Å². The van der Waals surface area contributed by atoms with Crippen molar-refractivity contribution in [1.82, 2.24) is 0 Å². The molecule has 4 atom stereocenters. The number of hydrogen-bond donors (Lipinski definition) is 1. The van der Waals surface area contributed by atoms with Crippen LogP contribution in [0, 0.1) is 17.3 Å². The summed E-state index contributed by atoms with van der Waals surface area (Å²) in [4.78, 5) is 10.6. The van der Waals surface area contributed by atoms with E-state index in [0.29, 0.717) is 6.42 Å². The molecule has 0 aromatic rings. The molecule has 0 bridgehead atoms. The zero-order valence-corrected chi connectivity index (χ0v) is 14.0. The van der Waals surface area contributed by atoms with Crippen molar-refractivity contribution < 1.29 is 49.3 Å². The van der Waals surface area contributed by atoms with E-state index in [1.807, 2.05) is 26.0 Å². The minimum Gasteiger partial charge on any atom is -0.550 e. The normalized spacial score (nSPS) is 30.5. The van der Waals surface area contributed by atoms with E-state index in [-0.39, 0.29) is 65.9 Å². The first-order chi connectivity index (χ1) is 8.44. The summed E-state index contributed by atoms with van der Waals surface area (Å²) in [6.07, 6.45) is 5.64. The third-order valence-electron chi connectivity index (χ3n) is 3.80. The van der Waals surface area contributed by atoms with Crippen LogP contribution >= 0.6 is 0 Å². The first-order valence-corrected chi connectivity index (χ1v) is 6.21. The molecule has 0 aliphatic heterocycles.